The Bertz CT molecular complexity index is 451. The standard InChI is InChI=1S/C13H17NO4/c1-13(2,12(17)18)8-11(16)14(3)9-4-6-10(15)7-5-9/h4-7,15H,8H2,1-3H3,(H,17,18). The van der Waals surface area contributed by atoms with Crippen LogP contribution in [0, 0.1) is 5.41 Å². The summed E-state index contributed by atoms with van der Waals surface area (Å²) in [7, 11) is 1.58. The summed E-state index contributed by atoms with van der Waals surface area (Å²) in [5.74, 6) is -1.17. The number of aliphatic carboxylic acids is 1. The predicted octanol–water partition coefficient (Wildman–Crippen LogP) is 1.86. The van der Waals surface area contributed by atoms with E-state index in [1.165, 1.54) is 30.9 Å². The van der Waals surface area contributed by atoms with E-state index >= 15 is 0 Å². The van der Waals surface area contributed by atoms with Crippen LogP contribution in [0.4, 0.5) is 5.69 Å². The first-order valence-electron chi connectivity index (χ1n) is 5.53. The minimum atomic E-state index is -1.09. The third kappa shape index (κ3) is 3.23. The van der Waals surface area contributed by atoms with E-state index in [-0.39, 0.29) is 18.1 Å². The molecule has 0 aromatic heterocycles. The van der Waals surface area contributed by atoms with Crippen LogP contribution in [0.5, 0.6) is 5.75 Å². The van der Waals surface area contributed by atoms with Gasteiger partial charge in [-0.15, -0.1) is 0 Å². The molecule has 0 heterocycles. The molecule has 0 saturated heterocycles. The van der Waals surface area contributed by atoms with E-state index in [1.807, 2.05) is 0 Å². The summed E-state index contributed by atoms with van der Waals surface area (Å²) in [5, 5.41) is 18.1. The molecule has 0 aliphatic carbocycles. The highest BCUT2D eigenvalue weighted by molar-refractivity contribution is 5.95. The van der Waals surface area contributed by atoms with Gasteiger partial charge >= 0.3 is 5.97 Å². The smallest absolute Gasteiger partial charge is 0.309 e. The van der Waals surface area contributed by atoms with Gasteiger partial charge in [0.1, 0.15) is 5.75 Å². The topological polar surface area (TPSA) is 77.8 Å². The van der Waals surface area contributed by atoms with Crippen molar-refractivity contribution in [2.45, 2.75) is 20.3 Å². The zero-order chi connectivity index (χ0) is 13.9. The highest BCUT2D eigenvalue weighted by atomic mass is 16.4. The third-order valence-electron chi connectivity index (χ3n) is 2.78. The average molecular weight is 251 g/mol. The Morgan fingerprint density at radius 1 is 1.22 bits per heavy atom. The number of hydrogen-bond donors (Lipinski definition) is 2. The Labute approximate surface area is 106 Å². The fourth-order valence-corrected chi connectivity index (χ4v) is 1.39. The zero-order valence-electron chi connectivity index (χ0n) is 10.7. The second kappa shape index (κ2) is 5.08. The van der Waals surface area contributed by atoms with Gasteiger partial charge in [0, 0.05) is 19.2 Å². The number of carbonyl (C=O) groups excluding carboxylic acids is 1. The van der Waals surface area contributed by atoms with Gasteiger partial charge in [-0.25, -0.2) is 0 Å². The van der Waals surface area contributed by atoms with E-state index in [0.717, 1.165) is 0 Å². The molecule has 18 heavy (non-hydrogen) atoms. The van der Waals surface area contributed by atoms with E-state index in [0.29, 0.717) is 5.69 Å². The number of benzene rings is 1. The van der Waals surface area contributed by atoms with Crippen molar-refractivity contribution in [3.8, 4) is 5.75 Å². The lowest BCUT2D eigenvalue weighted by atomic mass is 9.89. The second-order valence-electron chi connectivity index (χ2n) is 4.83. The molecule has 5 heteroatoms. The summed E-state index contributed by atoms with van der Waals surface area (Å²) < 4.78 is 0. The second-order valence-corrected chi connectivity index (χ2v) is 4.83. The Hall–Kier alpha value is -2.04. The van der Waals surface area contributed by atoms with Crippen molar-refractivity contribution in [2.75, 3.05) is 11.9 Å². The van der Waals surface area contributed by atoms with Crippen LogP contribution in [0.1, 0.15) is 20.3 Å². The van der Waals surface area contributed by atoms with Crippen molar-refractivity contribution in [3.63, 3.8) is 0 Å². The molecular formula is C13H17NO4. The number of nitrogens with zero attached hydrogens (tertiary/aromatic N) is 1. The monoisotopic (exact) mass is 251 g/mol. The van der Waals surface area contributed by atoms with E-state index in [9.17, 15) is 9.59 Å². The van der Waals surface area contributed by atoms with Gasteiger partial charge in [-0.05, 0) is 38.1 Å². The average Bonchev–Trinajstić information content (AvgIpc) is 2.28. The first kappa shape index (κ1) is 14.0. The van der Waals surface area contributed by atoms with Crippen LogP contribution in [0.3, 0.4) is 0 Å². The number of anilines is 1. The molecule has 98 valence electrons. The molecule has 0 aliphatic heterocycles. The number of amides is 1. The van der Waals surface area contributed by atoms with Crippen LogP contribution >= 0.6 is 0 Å². The lowest BCUT2D eigenvalue weighted by Gasteiger charge is -2.23. The number of aromatic hydroxyl groups is 1. The van der Waals surface area contributed by atoms with Crippen molar-refractivity contribution in [3.05, 3.63) is 24.3 Å². The lowest BCUT2D eigenvalue weighted by molar-refractivity contribution is -0.149. The van der Waals surface area contributed by atoms with Crippen molar-refractivity contribution >= 4 is 17.6 Å². The fraction of sp³-hybridized carbons (Fsp3) is 0.385. The van der Waals surface area contributed by atoms with Gasteiger partial charge in [0.05, 0.1) is 5.41 Å². The summed E-state index contributed by atoms with van der Waals surface area (Å²) >= 11 is 0. The molecule has 0 atom stereocenters. The van der Waals surface area contributed by atoms with Crippen LogP contribution in [-0.2, 0) is 9.59 Å². The summed E-state index contributed by atoms with van der Waals surface area (Å²) in [6, 6.07) is 6.14. The van der Waals surface area contributed by atoms with Gasteiger partial charge in [0.2, 0.25) is 5.91 Å². The number of carboxylic acid groups (broad SMARTS) is 1. The largest absolute Gasteiger partial charge is 0.508 e. The summed E-state index contributed by atoms with van der Waals surface area (Å²) in [6.07, 6.45) is -0.0836. The van der Waals surface area contributed by atoms with E-state index < -0.39 is 11.4 Å². The van der Waals surface area contributed by atoms with E-state index in [2.05, 4.69) is 0 Å². The van der Waals surface area contributed by atoms with Crippen molar-refractivity contribution < 1.29 is 19.8 Å². The van der Waals surface area contributed by atoms with Gasteiger partial charge in [0.25, 0.3) is 0 Å². The van der Waals surface area contributed by atoms with E-state index in [4.69, 9.17) is 10.2 Å². The molecule has 1 aromatic rings. The summed E-state index contributed by atoms with van der Waals surface area (Å²) in [6.45, 7) is 3.02. The van der Waals surface area contributed by atoms with Crippen LogP contribution < -0.4 is 4.90 Å². The highest BCUT2D eigenvalue weighted by Crippen LogP contribution is 2.24. The molecule has 1 aromatic carbocycles. The normalized spacial score (nSPS) is 11.1. The van der Waals surface area contributed by atoms with Gasteiger partial charge in [-0.2, -0.15) is 0 Å². The molecule has 0 aliphatic rings. The quantitative estimate of drug-likeness (QED) is 0.856. The Morgan fingerprint density at radius 3 is 2.17 bits per heavy atom. The van der Waals surface area contributed by atoms with Gasteiger partial charge in [-0.1, -0.05) is 0 Å². The minimum absolute atomic E-state index is 0.0836. The van der Waals surface area contributed by atoms with Crippen molar-refractivity contribution in [1.29, 1.82) is 0 Å². The number of phenols is 1. The molecule has 0 radical (unpaired) electrons. The molecule has 2 N–H and O–H groups in total. The van der Waals surface area contributed by atoms with Crippen molar-refractivity contribution in [1.82, 2.24) is 0 Å². The zero-order valence-corrected chi connectivity index (χ0v) is 10.7. The van der Waals surface area contributed by atoms with Gasteiger partial charge in [0.15, 0.2) is 0 Å². The summed E-state index contributed by atoms with van der Waals surface area (Å²) in [4.78, 5) is 24.3. The van der Waals surface area contributed by atoms with Crippen molar-refractivity contribution in [2.24, 2.45) is 5.41 Å². The van der Waals surface area contributed by atoms with E-state index in [1.54, 1.807) is 19.2 Å². The number of hydrogen-bond acceptors (Lipinski definition) is 3. The maximum Gasteiger partial charge on any atom is 0.309 e. The molecule has 1 amide bonds. The molecule has 0 unspecified atom stereocenters. The number of rotatable bonds is 4. The molecule has 5 nitrogen and oxygen atoms in total. The Balaban J connectivity index is 2.79. The van der Waals surface area contributed by atoms with Crippen LogP contribution in [0.15, 0.2) is 24.3 Å². The van der Waals surface area contributed by atoms with Crippen LogP contribution in [0.25, 0.3) is 0 Å². The van der Waals surface area contributed by atoms with Crippen LogP contribution in [0.2, 0.25) is 0 Å². The van der Waals surface area contributed by atoms with Gasteiger partial charge < -0.3 is 15.1 Å². The first-order chi connectivity index (χ1) is 8.24. The predicted molar refractivity (Wildman–Crippen MR) is 67.6 cm³/mol. The van der Waals surface area contributed by atoms with Gasteiger partial charge in [-0.3, -0.25) is 9.59 Å². The maximum absolute atomic E-state index is 11.9. The lowest BCUT2D eigenvalue weighted by Crippen LogP contribution is -2.34. The SMILES string of the molecule is CN(C(=O)CC(C)(C)C(=O)O)c1ccc(O)cc1. The van der Waals surface area contributed by atoms with Crippen LogP contribution in [-0.4, -0.2) is 29.1 Å². The molecule has 0 saturated carbocycles. The first-order valence-corrected chi connectivity index (χ1v) is 5.53. The molecular weight excluding hydrogens is 234 g/mol. The third-order valence-corrected chi connectivity index (χ3v) is 2.78. The molecule has 0 bridgehead atoms. The molecule has 1 rings (SSSR count). The molecule has 0 fully saturated rings. The minimum Gasteiger partial charge on any atom is -0.508 e. The molecule has 0 spiro atoms. The fourth-order valence-electron chi connectivity index (χ4n) is 1.39. The number of carbonyl (C=O) groups is 2. The summed E-state index contributed by atoms with van der Waals surface area (Å²) in [5.41, 5.74) is -0.485. The Morgan fingerprint density at radius 2 is 1.72 bits per heavy atom. The maximum atomic E-state index is 11.9. The number of phenolic OH excluding ortho intramolecular Hbond substituents is 1. The Kier molecular flexibility index (Phi) is 3.96. The number of carboxylic acids is 1. The highest BCUT2D eigenvalue weighted by Gasteiger charge is 2.31.